The molecule has 0 bridgehead atoms. The maximum absolute atomic E-state index is 13.9. The molecule has 2 saturated heterocycles. The Bertz CT molecular complexity index is 1140. The monoisotopic (exact) mass is 473 g/mol. The first-order valence-electron chi connectivity index (χ1n) is 12.2. The first-order valence-corrected chi connectivity index (χ1v) is 12.2. The van der Waals surface area contributed by atoms with Gasteiger partial charge in [-0.15, -0.1) is 0 Å². The maximum Gasteiger partial charge on any atom is 0.241 e. The van der Waals surface area contributed by atoms with E-state index in [1.165, 1.54) is 0 Å². The van der Waals surface area contributed by atoms with E-state index < -0.39 is 5.41 Å². The van der Waals surface area contributed by atoms with E-state index in [4.69, 9.17) is 14.2 Å². The molecular formula is C28H31N3O4. The molecule has 35 heavy (non-hydrogen) atoms. The second kappa shape index (κ2) is 10.4. The van der Waals surface area contributed by atoms with Gasteiger partial charge in [0.1, 0.15) is 17.2 Å². The molecule has 5 rings (SSSR count). The lowest BCUT2D eigenvalue weighted by atomic mass is 9.72. The van der Waals surface area contributed by atoms with Gasteiger partial charge in [0.05, 0.1) is 12.5 Å². The van der Waals surface area contributed by atoms with Gasteiger partial charge >= 0.3 is 0 Å². The summed E-state index contributed by atoms with van der Waals surface area (Å²) in [6.45, 7) is 2.60. The summed E-state index contributed by atoms with van der Waals surface area (Å²) in [6, 6.07) is 17.7. The molecule has 0 atom stereocenters. The Morgan fingerprint density at radius 2 is 1.69 bits per heavy atom. The van der Waals surface area contributed by atoms with Crippen LogP contribution in [-0.4, -0.2) is 54.2 Å². The topological polar surface area (TPSA) is 73.8 Å². The van der Waals surface area contributed by atoms with Gasteiger partial charge < -0.3 is 19.1 Å². The standard InChI is InChI=1S/C28H31N3O4/c1-33-23-8-5-9-24(20-23)35-26-25(29-14-15-30-26)21-10-16-31(17-11-21)27(32)28(12-18-34-19-13-28)22-6-3-2-4-7-22/h2-9,14-15,20-21H,10-13,16-19H2,1H3. The summed E-state index contributed by atoms with van der Waals surface area (Å²) in [6.07, 6.45) is 6.43. The lowest BCUT2D eigenvalue weighted by Gasteiger charge is -2.42. The molecule has 2 fully saturated rings. The molecule has 2 aromatic carbocycles. The third-order valence-electron chi connectivity index (χ3n) is 7.20. The van der Waals surface area contributed by atoms with E-state index in [1.54, 1.807) is 19.5 Å². The molecule has 0 spiro atoms. The van der Waals surface area contributed by atoms with Crippen molar-refractivity contribution in [2.75, 3.05) is 33.4 Å². The van der Waals surface area contributed by atoms with Crippen molar-refractivity contribution in [3.05, 3.63) is 78.2 Å². The Balaban J connectivity index is 1.30. The predicted octanol–water partition coefficient (Wildman–Crippen LogP) is 4.73. The van der Waals surface area contributed by atoms with Gasteiger partial charge in [-0.05, 0) is 43.4 Å². The van der Waals surface area contributed by atoms with Crippen LogP contribution in [0.3, 0.4) is 0 Å². The maximum atomic E-state index is 13.9. The molecule has 3 heterocycles. The molecular weight excluding hydrogens is 442 g/mol. The molecule has 1 aromatic heterocycles. The number of carbonyl (C=O) groups is 1. The zero-order valence-electron chi connectivity index (χ0n) is 20.1. The zero-order valence-corrected chi connectivity index (χ0v) is 20.1. The van der Waals surface area contributed by atoms with Crippen molar-refractivity contribution in [2.45, 2.75) is 37.0 Å². The molecule has 0 radical (unpaired) electrons. The number of aromatic nitrogens is 2. The number of piperidine rings is 1. The lowest BCUT2D eigenvalue weighted by Crippen LogP contribution is -2.51. The molecule has 0 saturated carbocycles. The second-order valence-corrected chi connectivity index (χ2v) is 9.15. The minimum atomic E-state index is -0.500. The second-order valence-electron chi connectivity index (χ2n) is 9.15. The van der Waals surface area contributed by atoms with Crippen LogP contribution in [0.15, 0.2) is 67.0 Å². The Morgan fingerprint density at radius 1 is 0.971 bits per heavy atom. The van der Waals surface area contributed by atoms with Gasteiger partial charge in [-0.1, -0.05) is 36.4 Å². The molecule has 0 aliphatic carbocycles. The summed E-state index contributed by atoms with van der Waals surface area (Å²) >= 11 is 0. The summed E-state index contributed by atoms with van der Waals surface area (Å²) in [4.78, 5) is 25.0. The summed E-state index contributed by atoms with van der Waals surface area (Å²) in [5.41, 5.74) is 1.43. The normalized spacial score (nSPS) is 18.1. The Kier molecular flexibility index (Phi) is 6.95. The van der Waals surface area contributed by atoms with E-state index >= 15 is 0 Å². The van der Waals surface area contributed by atoms with Crippen molar-refractivity contribution in [2.24, 2.45) is 0 Å². The van der Waals surface area contributed by atoms with Crippen molar-refractivity contribution >= 4 is 5.91 Å². The quantitative estimate of drug-likeness (QED) is 0.515. The zero-order chi connectivity index (χ0) is 24.1. The molecule has 0 unspecified atom stereocenters. The molecule has 7 nitrogen and oxygen atoms in total. The van der Waals surface area contributed by atoms with Crippen LogP contribution in [0.5, 0.6) is 17.4 Å². The highest BCUT2D eigenvalue weighted by Gasteiger charge is 2.44. The summed E-state index contributed by atoms with van der Waals surface area (Å²) < 4.78 is 17.0. The highest BCUT2D eigenvalue weighted by Crippen LogP contribution is 2.39. The number of amides is 1. The predicted molar refractivity (Wildman–Crippen MR) is 132 cm³/mol. The average molecular weight is 474 g/mol. The molecule has 0 N–H and O–H groups in total. The van der Waals surface area contributed by atoms with Crippen LogP contribution in [0.4, 0.5) is 0 Å². The van der Waals surface area contributed by atoms with E-state index in [1.807, 2.05) is 47.4 Å². The third-order valence-corrected chi connectivity index (χ3v) is 7.20. The summed E-state index contributed by atoms with van der Waals surface area (Å²) in [5, 5.41) is 0. The van der Waals surface area contributed by atoms with E-state index in [0.717, 1.165) is 42.7 Å². The molecule has 2 aliphatic rings. The van der Waals surface area contributed by atoms with Crippen LogP contribution in [0, 0.1) is 0 Å². The Morgan fingerprint density at radius 3 is 2.43 bits per heavy atom. The third kappa shape index (κ3) is 4.86. The van der Waals surface area contributed by atoms with E-state index in [0.29, 0.717) is 37.9 Å². The van der Waals surface area contributed by atoms with Crippen LogP contribution < -0.4 is 9.47 Å². The van der Waals surface area contributed by atoms with Gasteiger partial charge in [0.25, 0.3) is 0 Å². The summed E-state index contributed by atoms with van der Waals surface area (Å²) in [7, 11) is 1.63. The fourth-order valence-electron chi connectivity index (χ4n) is 5.23. The van der Waals surface area contributed by atoms with Crippen molar-refractivity contribution in [3.8, 4) is 17.4 Å². The van der Waals surface area contributed by atoms with Crippen LogP contribution in [0.2, 0.25) is 0 Å². The molecule has 1 amide bonds. The Labute approximate surface area is 206 Å². The van der Waals surface area contributed by atoms with Crippen LogP contribution in [0.1, 0.15) is 42.9 Å². The van der Waals surface area contributed by atoms with E-state index in [-0.39, 0.29) is 11.8 Å². The van der Waals surface area contributed by atoms with Crippen molar-refractivity contribution in [1.29, 1.82) is 0 Å². The van der Waals surface area contributed by atoms with Gasteiger partial charge in [0.2, 0.25) is 11.8 Å². The first kappa shape index (κ1) is 23.3. The number of nitrogens with zero attached hydrogens (tertiary/aromatic N) is 3. The van der Waals surface area contributed by atoms with Gasteiger partial charge in [-0.3, -0.25) is 9.78 Å². The van der Waals surface area contributed by atoms with Crippen molar-refractivity contribution < 1.29 is 19.0 Å². The number of likely N-dealkylation sites (tertiary alicyclic amines) is 1. The molecule has 3 aromatic rings. The average Bonchev–Trinajstić information content (AvgIpc) is 2.94. The van der Waals surface area contributed by atoms with Crippen molar-refractivity contribution in [1.82, 2.24) is 14.9 Å². The molecule has 2 aliphatic heterocycles. The number of benzene rings is 2. The van der Waals surface area contributed by atoms with Crippen LogP contribution in [-0.2, 0) is 14.9 Å². The molecule has 182 valence electrons. The Hall–Kier alpha value is -3.45. The number of methoxy groups -OCH3 is 1. The fraction of sp³-hybridized carbons (Fsp3) is 0.393. The van der Waals surface area contributed by atoms with Gasteiger partial charge in [-0.25, -0.2) is 4.98 Å². The number of rotatable bonds is 6. The largest absolute Gasteiger partial charge is 0.497 e. The van der Waals surface area contributed by atoms with E-state index in [9.17, 15) is 4.79 Å². The van der Waals surface area contributed by atoms with Gasteiger partial charge in [-0.2, -0.15) is 0 Å². The highest BCUT2D eigenvalue weighted by molar-refractivity contribution is 5.88. The van der Waals surface area contributed by atoms with Gasteiger partial charge in [0.15, 0.2) is 0 Å². The van der Waals surface area contributed by atoms with Gasteiger partial charge in [0, 0.05) is 50.7 Å². The first-order chi connectivity index (χ1) is 17.2. The van der Waals surface area contributed by atoms with Crippen LogP contribution in [0.25, 0.3) is 0 Å². The number of carbonyl (C=O) groups excluding carboxylic acids is 1. The SMILES string of the molecule is COc1cccc(Oc2nccnc2C2CCN(C(=O)C3(c4ccccc4)CCOCC3)CC2)c1. The summed E-state index contributed by atoms with van der Waals surface area (Å²) in [5.74, 6) is 2.28. The lowest BCUT2D eigenvalue weighted by molar-refractivity contribution is -0.142. The van der Waals surface area contributed by atoms with Crippen molar-refractivity contribution in [3.63, 3.8) is 0 Å². The van der Waals surface area contributed by atoms with Crippen LogP contribution >= 0.6 is 0 Å². The smallest absolute Gasteiger partial charge is 0.241 e. The molecule has 7 heteroatoms. The minimum Gasteiger partial charge on any atom is -0.497 e. The number of hydrogen-bond donors (Lipinski definition) is 0. The fourth-order valence-corrected chi connectivity index (χ4v) is 5.23. The van der Waals surface area contributed by atoms with E-state index in [2.05, 4.69) is 22.1 Å². The highest BCUT2D eigenvalue weighted by atomic mass is 16.5. The number of hydrogen-bond acceptors (Lipinski definition) is 6. The number of ether oxygens (including phenoxy) is 3. The minimum absolute atomic E-state index is 0.177.